The fourth-order valence-electron chi connectivity index (χ4n) is 0. The Bertz CT molecular complexity index is 11.5. The van der Waals surface area contributed by atoms with Gasteiger partial charge in [0.15, 0.2) is 0 Å². The molecule has 0 bridgehead atoms. The van der Waals surface area contributed by atoms with Gasteiger partial charge in [0.1, 0.15) is 0 Å². The van der Waals surface area contributed by atoms with Gasteiger partial charge in [0, 0.05) is 0 Å². The molecule has 5 heavy (non-hydrogen) atoms. The van der Waals surface area contributed by atoms with Crippen LogP contribution in [-0.2, 0) is 0 Å². The standard InChI is InChI=1S/2CH3O.Na/c2*1-2;/h2*1H3;/q2*-1;+1/p+1. The van der Waals surface area contributed by atoms with Crippen LogP contribution in [0.25, 0.3) is 0 Å². The van der Waals surface area contributed by atoms with Crippen molar-refractivity contribution >= 4 is 0 Å². The molecule has 0 saturated heterocycles. The van der Waals surface area contributed by atoms with Crippen LogP contribution in [0.5, 0.6) is 0 Å². The third-order valence-electron chi connectivity index (χ3n) is 0. The molecule has 0 aromatic carbocycles. The molecule has 0 aliphatic carbocycles. The van der Waals surface area contributed by atoms with Gasteiger partial charge in [-0.25, -0.2) is 0 Å². The molecule has 0 saturated carbocycles. The maximum Gasteiger partial charge on any atom is 1.00 e. The van der Waals surface area contributed by atoms with E-state index in [0.717, 1.165) is 14.2 Å². The Hall–Kier alpha value is 0.920. The van der Waals surface area contributed by atoms with Crippen molar-refractivity contribution in [1.29, 1.82) is 0 Å². The molecule has 3 heteroatoms. The van der Waals surface area contributed by atoms with Crippen molar-refractivity contribution in [2.45, 2.75) is 0 Å². The predicted molar refractivity (Wildman–Crippen MR) is 13.0 cm³/mol. The molecule has 0 N–H and O–H groups in total. The minimum Gasteiger partial charge on any atom is -0.857 e. The summed E-state index contributed by atoms with van der Waals surface area (Å²) in [5.74, 6) is 0. The van der Waals surface area contributed by atoms with Gasteiger partial charge in [0.2, 0.25) is 0 Å². The third kappa shape index (κ3) is 49.6. The summed E-state index contributed by atoms with van der Waals surface area (Å²) in [6, 6.07) is 0. The quantitative estimate of drug-likeness (QED) is 0.277. The fourth-order valence-corrected chi connectivity index (χ4v) is 0. The zero-order valence-corrected chi connectivity index (χ0v) is 5.82. The first kappa shape index (κ1) is 16.8. The molecule has 0 aliphatic heterocycles. The molecule has 0 spiro atoms. The molecule has 0 rings (SSSR count). The van der Waals surface area contributed by atoms with Crippen molar-refractivity contribution in [3.63, 3.8) is 0 Å². The molecule has 0 amide bonds. The molecule has 0 aromatic heterocycles. The molecular weight excluding hydrogens is 79.0 g/mol. The van der Waals surface area contributed by atoms with Gasteiger partial charge in [0.05, 0.1) is 0 Å². The van der Waals surface area contributed by atoms with Crippen LogP contribution in [0.4, 0.5) is 0 Å². The molecule has 0 aliphatic rings. The van der Waals surface area contributed by atoms with E-state index in [1.54, 1.807) is 0 Å². The maximum atomic E-state index is 8.25. The summed E-state index contributed by atoms with van der Waals surface area (Å²) in [6.07, 6.45) is 0. The van der Waals surface area contributed by atoms with Crippen molar-refractivity contribution < 1.29 is 41.2 Å². The van der Waals surface area contributed by atoms with Crippen molar-refractivity contribution in [3.05, 3.63) is 0 Å². The second-order valence-electron chi connectivity index (χ2n) is 0. The van der Waals surface area contributed by atoms with E-state index >= 15 is 0 Å². The van der Waals surface area contributed by atoms with Crippen molar-refractivity contribution in [2.24, 2.45) is 0 Å². The predicted octanol–water partition coefficient (Wildman–Crippen LogP) is -4.93. The summed E-state index contributed by atoms with van der Waals surface area (Å²) in [4.78, 5) is 0. The fraction of sp³-hybridized carbons (Fsp3) is 1.00. The Labute approximate surface area is 55.6 Å². The van der Waals surface area contributed by atoms with Gasteiger partial charge in [-0.05, 0) is 0 Å². The molecule has 0 atom stereocenters. The first-order chi connectivity index (χ1) is 2.00. The van der Waals surface area contributed by atoms with Gasteiger partial charge in [0.25, 0.3) is 0 Å². The SMILES string of the molecule is C[O-].C[O-].[H+].[Na+]. The molecule has 0 radical (unpaired) electrons. The average molecular weight is 86.1 g/mol. The van der Waals surface area contributed by atoms with E-state index in [4.69, 9.17) is 10.2 Å². The molecule has 0 heterocycles. The summed E-state index contributed by atoms with van der Waals surface area (Å²) >= 11 is 0. The Morgan fingerprint density at radius 1 is 1.00 bits per heavy atom. The Morgan fingerprint density at radius 2 is 1.00 bits per heavy atom. The Morgan fingerprint density at radius 3 is 1.00 bits per heavy atom. The van der Waals surface area contributed by atoms with Crippen LogP contribution in [0.15, 0.2) is 0 Å². The monoisotopic (exact) mass is 86.0 g/mol. The van der Waals surface area contributed by atoms with Gasteiger partial charge in [-0.3, -0.25) is 0 Å². The van der Waals surface area contributed by atoms with Gasteiger partial charge in [-0.1, -0.05) is 0 Å². The largest absolute Gasteiger partial charge is 1.00 e. The van der Waals surface area contributed by atoms with Crippen LogP contribution in [0.1, 0.15) is 1.43 Å². The summed E-state index contributed by atoms with van der Waals surface area (Å²) < 4.78 is 0. The second kappa shape index (κ2) is 89.3. The molecule has 0 unspecified atom stereocenters. The summed E-state index contributed by atoms with van der Waals surface area (Å²) in [6.45, 7) is 0. The first-order valence-electron chi connectivity index (χ1n) is 0.816. The summed E-state index contributed by atoms with van der Waals surface area (Å²) in [5, 5.41) is 16.5. The molecule has 0 aromatic rings. The van der Waals surface area contributed by atoms with Crippen molar-refractivity contribution in [3.8, 4) is 0 Å². The van der Waals surface area contributed by atoms with Crippen LogP contribution >= 0.6 is 0 Å². The Balaban J connectivity index is -0.00000000500. The molecular formula is C2H7NaO2. The van der Waals surface area contributed by atoms with E-state index in [2.05, 4.69) is 0 Å². The minimum atomic E-state index is 0. The van der Waals surface area contributed by atoms with Crippen LogP contribution < -0.4 is 39.8 Å². The van der Waals surface area contributed by atoms with Crippen molar-refractivity contribution in [1.82, 2.24) is 0 Å². The molecule has 2 nitrogen and oxygen atoms in total. The van der Waals surface area contributed by atoms with E-state index in [1.165, 1.54) is 0 Å². The topological polar surface area (TPSA) is 46.1 Å². The Kier molecular flexibility index (Phi) is 300. The van der Waals surface area contributed by atoms with Gasteiger partial charge >= 0.3 is 31.0 Å². The minimum absolute atomic E-state index is 0. The van der Waals surface area contributed by atoms with Gasteiger partial charge in [-0.15, -0.1) is 0 Å². The van der Waals surface area contributed by atoms with E-state index in [1.807, 2.05) is 0 Å². The second-order valence-corrected chi connectivity index (χ2v) is 0. The van der Waals surface area contributed by atoms with Gasteiger partial charge < -0.3 is 10.2 Å². The maximum absolute atomic E-state index is 8.25. The normalized spacial score (nSPS) is 2.40. The van der Waals surface area contributed by atoms with E-state index in [-0.39, 0.29) is 31.0 Å². The van der Waals surface area contributed by atoms with Crippen LogP contribution in [-0.4, -0.2) is 14.2 Å². The molecule has 0 fully saturated rings. The first-order valence-corrected chi connectivity index (χ1v) is 0.816. The van der Waals surface area contributed by atoms with Crippen LogP contribution in [0, 0.1) is 0 Å². The average Bonchev–Trinajstić information content (AvgIpc) is 1.50. The van der Waals surface area contributed by atoms with Crippen LogP contribution in [0.2, 0.25) is 0 Å². The zero-order valence-electron chi connectivity index (χ0n) is 4.82. The summed E-state index contributed by atoms with van der Waals surface area (Å²) in [5.41, 5.74) is 0. The zero-order chi connectivity index (χ0) is 4.00. The van der Waals surface area contributed by atoms with Crippen molar-refractivity contribution in [2.75, 3.05) is 14.2 Å². The number of hydrogen-bond acceptors (Lipinski definition) is 2. The number of rotatable bonds is 0. The van der Waals surface area contributed by atoms with E-state index in [9.17, 15) is 0 Å². The number of hydrogen-bond donors (Lipinski definition) is 0. The summed E-state index contributed by atoms with van der Waals surface area (Å²) in [7, 11) is 1.50. The smallest absolute Gasteiger partial charge is 0.857 e. The molecule has 28 valence electrons. The third-order valence-corrected chi connectivity index (χ3v) is 0. The van der Waals surface area contributed by atoms with Crippen LogP contribution in [0.3, 0.4) is 0 Å². The van der Waals surface area contributed by atoms with E-state index < -0.39 is 0 Å². The van der Waals surface area contributed by atoms with Gasteiger partial charge in [-0.2, -0.15) is 14.2 Å². The van der Waals surface area contributed by atoms with E-state index in [0.29, 0.717) is 0 Å².